The molecule has 0 rings (SSSR count). The van der Waals surface area contributed by atoms with E-state index in [1.807, 2.05) is 6.08 Å². The van der Waals surface area contributed by atoms with Gasteiger partial charge in [0.15, 0.2) is 0 Å². The van der Waals surface area contributed by atoms with Gasteiger partial charge >= 0.3 is 0 Å². The molecule has 140 valence electrons. The molecule has 0 aromatic heterocycles. The topological polar surface area (TPSA) is 75.4 Å². The minimum atomic E-state index is -0.840. The van der Waals surface area contributed by atoms with Crippen LogP contribution < -0.4 is 11.1 Å². The molecule has 0 spiro atoms. The van der Waals surface area contributed by atoms with Gasteiger partial charge in [-0.2, -0.15) is 0 Å². The molecule has 4 heteroatoms. The van der Waals surface area contributed by atoms with Crippen molar-refractivity contribution in [1.82, 2.24) is 5.32 Å². The smallest absolute Gasteiger partial charge is 0.237 e. The fourth-order valence-electron chi connectivity index (χ4n) is 2.57. The highest BCUT2D eigenvalue weighted by molar-refractivity contribution is 5.79. The summed E-state index contributed by atoms with van der Waals surface area (Å²) in [4.78, 5) is 11.1. The van der Waals surface area contributed by atoms with Crippen LogP contribution in [-0.2, 0) is 4.79 Å². The zero-order chi connectivity index (χ0) is 18.0. The molecule has 0 fully saturated rings. The van der Waals surface area contributed by atoms with E-state index in [2.05, 4.69) is 18.8 Å². The number of aliphatic hydroxyl groups is 1. The number of hydrogen-bond donors (Lipinski definition) is 3. The first-order valence-electron chi connectivity index (χ1n) is 9.65. The molecule has 0 heterocycles. The summed E-state index contributed by atoms with van der Waals surface area (Å²) >= 11 is 0. The molecule has 0 bridgehead atoms. The lowest BCUT2D eigenvalue weighted by molar-refractivity contribution is -0.119. The van der Waals surface area contributed by atoms with E-state index in [0.717, 1.165) is 12.8 Å². The van der Waals surface area contributed by atoms with Crippen molar-refractivity contribution in [3.05, 3.63) is 24.4 Å². The number of carbonyl (C=O) groups is 1. The summed E-state index contributed by atoms with van der Waals surface area (Å²) in [5.74, 6) is -0.335. The number of allylic oxidation sites excluding steroid dienone is 1. The standard InChI is InChI=1S/C20H38N2O2/c1-3-4-5-6-7-8-9-10-11-12-13-14-15-16-19(23)18(2)22-20(24)17-21/h15-16,19,23H,2-14,17,21H2,1H3,(H,22,24)/b16-15+/t19-/m1/s1. The Morgan fingerprint density at radius 3 is 2.04 bits per heavy atom. The molecule has 4 nitrogen and oxygen atoms in total. The molecule has 4 N–H and O–H groups in total. The monoisotopic (exact) mass is 338 g/mol. The zero-order valence-electron chi connectivity index (χ0n) is 15.6. The van der Waals surface area contributed by atoms with E-state index in [4.69, 9.17) is 5.73 Å². The summed E-state index contributed by atoms with van der Waals surface area (Å²) in [5.41, 5.74) is 5.47. The van der Waals surface area contributed by atoms with Gasteiger partial charge in [0.1, 0.15) is 6.10 Å². The first kappa shape index (κ1) is 22.9. The second-order valence-corrected chi connectivity index (χ2v) is 6.47. The van der Waals surface area contributed by atoms with Gasteiger partial charge in [-0.25, -0.2) is 0 Å². The minimum Gasteiger partial charge on any atom is -0.383 e. The molecule has 1 atom stereocenters. The molecule has 24 heavy (non-hydrogen) atoms. The van der Waals surface area contributed by atoms with E-state index >= 15 is 0 Å². The average molecular weight is 339 g/mol. The second-order valence-electron chi connectivity index (χ2n) is 6.47. The van der Waals surface area contributed by atoms with E-state index in [1.54, 1.807) is 6.08 Å². The first-order valence-corrected chi connectivity index (χ1v) is 9.65. The van der Waals surface area contributed by atoms with Crippen LogP contribution >= 0.6 is 0 Å². The van der Waals surface area contributed by atoms with Crippen LogP contribution in [-0.4, -0.2) is 23.7 Å². The van der Waals surface area contributed by atoms with Gasteiger partial charge in [0.25, 0.3) is 0 Å². The Balaban J connectivity index is 3.43. The summed E-state index contributed by atoms with van der Waals surface area (Å²) in [7, 11) is 0. The van der Waals surface area contributed by atoms with Gasteiger partial charge in [-0.3, -0.25) is 4.79 Å². The predicted octanol–water partition coefficient (Wildman–Crippen LogP) is 4.19. The predicted molar refractivity (Wildman–Crippen MR) is 103 cm³/mol. The summed E-state index contributed by atoms with van der Waals surface area (Å²) in [6.45, 7) is 5.79. The Labute approximate surface area is 148 Å². The lowest BCUT2D eigenvalue weighted by atomic mass is 10.1. The van der Waals surface area contributed by atoms with Crippen molar-refractivity contribution < 1.29 is 9.90 Å². The summed E-state index contributed by atoms with van der Waals surface area (Å²) in [5, 5.41) is 12.3. The maximum Gasteiger partial charge on any atom is 0.237 e. The molecule has 0 aliphatic rings. The number of amides is 1. The largest absolute Gasteiger partial charge is 0.383 e. The van der Waals surface area contributed by atoms with Crippen molar-refractivity contribution in [2.45, 2.75) is 90.1 Å². The van der Waals surface area contributed by atoms with Gasteiger partial charge in [-0.1, -0.05) is 89.9 Å². The van der Waals surface area contributed by atoms with E-state index in [0.29, 0.717) is 0 Å². The van der Waals surface area contributed by atoms with E-state index in [9.17, 15) is 9.90 Å². The Bertz CT molecular complexity index is 354. The van der Waals surface area contributed by atoms with Crippen molar-refractivity contribution in [1.29, 1.82) is 0 Å². The van der Waals surface area contributed by atoms with Gasteiger partial charge in [-0.05, 0) is 12.8 Å². The third-order valence-electron chi connectivity index (χ3n) is 4.14. The van der Waals surface area contributed by atoms with Crippen LogP contribution in [0.2, 0.25) is 0 Å². The molecule has 1 amide bonds. The molecule has 0 aromatic rings. The second kappa shape index (κ2) is 16.7. The Hall–Kier alpha value is -1.13. The van der Waals surface area contributed by atoms with Crippen molar-refractivity contribution in [2.24, 2.45) is 5.73 Å². The van der Waals surface area contributed by atoms with Gasteiger partial charge in [0.05, 0.1) is 6.54 Å². The third kappa shape index (κ3) is 14.5. The van der Waals surface area contributed by atoms with E-state index < -0.39 is 6.10 Å². The molecule has 0 aliphatic heterocycles. The zero-order valence-corrected chi connectivity index (χ0v) is 15.6. The van der Waals surface area contributed by atoms with Crippen LogP contribution in [0.25, 0.3) is 0 Å². The highest BCUT2D eigenvalue weighted by Gasteiger charge is 2.06. The summed E-state index contributed by atoms with van der Waals surface area (Å²) < 4.78 is 0. The number of carbonyl (C=O) groups excluding carboxylic acids is 1. The average Bonchev–Trinajstić information content (AvgIpc) is 2.58. The van der Waals surface area contributed by atoms with E-state index in [1.165, 1.54) is 64.2 Å². The lowest BCUT2D eigenvalue weighted by Gasteiger charge is -2.10. The molecule has 0 unspecified atom stereocenters. The van der Waals surface area contributed by atoms with Crippen LogP contribution in [0.3, 0.4) is 0 Å². The van der Waals surface area contributed by atoms with Crippen LogP contribution in [0.5, 0.6) is 0 Å². The third-order valence-corrected chi connectivity index (χ3v) is 4.14. The Morgan fingerprint density at radius 2 is 1.54 bits per heavy atom. The summed E-state index contributed by atoms with van der Waals surface area (Å²) in [6.07, 6.45) is 18.4. The number of nitrogens with one attached hydrogen (secondary N) is 1. The van der Waals surface area contributed by atoms with E-state index in [-0.39, 0.29) is 18.1 Å². The van der Waals surface area contributed by atoms with Crippen LogP contribution in [0.1, 0.15) is 84.0 Å². The van der Waals surface area contributed by atoms with Crippen LogP contribution in [0.15, 0.2) is 24.4 Å². The van der Waals surface area contributed by atoms with Crippen molar-refractivity contribution in [3.8, 4) is 0 Å². The quantitative estimate of drug-likeness (QED) is 0.292. The van der Waals surface area contributed by atoms with Crippen molar-refractivity contribution in [3.63, 3.8) is 0 Å². The maximum atomic E-state index is 11.1. The molecule has 0 aromatic carbocycles. The number of rotatable bonds is 16. The highest BCUT2D eigenvalue weighted by Crippen LogP contribution is 2.12. The van der Waals surface area contributed by atoms with Crippen LogP contribution in [0, 0.1) is 0 Å². The molecular formula is C20H38N2O2. The number of aliphatic hydroxyl groups excluding tert-OH is 1. The van der Waals surface area contributed by atoms with Crippen LogP contribution in [0.4, 0.5) is 0 Å². The maximum absolute atomic E-state index is 11.1. The van der Waals surface area contributed by atoms with Crippen molar-refractivity contribution in [2.75, 3.05) is 6.54 Å². The Morgan fingerprint density at radius 1 is 1.04 bits per heavy atom. The number of hydrogen-bond acceptors (Lipinski definition) is 3. The summed E-state index contributed by atoms with van der Waals surface area (Å²) in [6, 6.07) is 0. The molecule has 0 radical (unpaired) electrons. The van der Waals surface area contributed by atoms with Gasteiger partial charge < -0.3 is 16.2 Å². The minimum absolute atomic E-state index is 0.103. The van der Waals surface area contributed by atoms with Gasteiger partial charge in [-0.15, -0.1) is 0 Å². The molecule has 0 aliphatic carbocycles. The first-order chi connectivity index (χ1) is 11.6. The normalized spacial score (nSPS) is 12.5. The highest BCUT2D eigenvalue weighted by atomic mass is 16.3. The van der Waals surface area contributed by atoms with Crippen molar-refractivity contribution >= 4 is 5.91 Å². The fourth-order valence-corrected chi connectivity index (χ4v) is 2.57. The number of unbranched alkanes of at least 4 members (excludes halogenated alkanes) is 11. The SMILES string of the molecule is C=C(NC(=O)CN)[C@H](O)/C=C/CCCCCCCCCCCCC. The lowest BCUT2D eigenvalue weighted by Crippen LogP contribution is -2.33. The fraction of sp³-hybridized carbons (Fsp3) is 0.750. The van der Waals surface area contributed by atoms with Gasteiger partial charge in [0.2, 0.25) is 5.91 Å². The Kier molecular flexibility index (Phi) is 15.9. The molecule has 0 saturated carbocycles. The molecule has 0 saturated heterocycles. The number of nitrogens with two attached hydrogens (primary N) is 1. The van der Waals surface area contributed by atoms with Gasteiger partial charge in [0, 0.05) is 5.70 Å². The molecular weight excluding hydrogens is 300 g/mol.